The van der Waals surface area contributed by atoms with Crippen LogP contribution in [0.25, 0.3) is 10.4 Å². The van der Waals surface area contributed by atoms with Crippen LogP contribution < -0.4 is 4.72 Å². The molecule has 0 bridgehead atoms. The maximum Gasteiger partial charge on any atom is 0.214 e. The van der Waals surface area contributed by atoms with Gasteiger partial charge in [0.1, 0.15) is 0 Å². The Balaban J connectivity index is 1.78. The van der Waals surface area contributed by atoms with Gasteiger partial charge < -0.3 is 4.74 Å². The van der Waals surface area contributed by atoms with E-state index in [0.29, 0.717) is 19.8 Å². The van der Waals surface area contributed by atoms with Gasteiger partial charge in [-0.2, -0.15) is 0 Å². The zero-order valence-electron chi connectivity index (χ0n) is 15.7. The summed E-state index contributed by atoms with van der Waals surface area (Å²) in [7, 11) is -3.33. The smallest absolute Gasteiger partial charge is 0.214 e. The van der Waals surface area contributed by atoms with E-state index in [4.69, 9.17) is 4.74 Å². The topological polar surface area (TPSA) is 67.8 Å². The molecule has 2 heterocycles. The lowest BCUT2D eigenvalue weighted by atomic mass is 9.87. The Morgan fingerprint density at radius 2 is 2.00 bits per heavy atom. The molecule has 0 amide bonds. The molecule has 3 rings (SSSR count). The highest BCUT2D eigenvalue weighted by Gasteiger charge is 2.31. The third kappa shape index (κ3) is 4.85. The van der Waals surface area contributed by atoms with Crippen molar-refractivity contribution in [2.45, 2.75) is 44.0 Å². The molecule has 2 atom stereocenters. The second-order valence-electron chi connectivity index (χ2n) is 7.06. The van der Waals surface area contributed by atoms with Crippen LogP contribution >= 0.6 is 11.3 Å². The third-order valence-electron chi connectivity index (χ3n) is 4.85. The molecule has 5 nitrogen and oxygen atoms in total. The summed E-state index contributed by atoms with van der Waals surface area (Å²) in [5.74, 6) is 0.116. The number of thiophene rings is 1. The van der Waals surface area contributed by atoms with Crippen LogP contribution in [-0.4, -0.2) is 39.6 Å². The Morgan fingerprint density at radius 3 is 2.67 bits per heavy atom. The van der Waals surface area contributed by atoms with Gasteiger partial charge in [0, 0.05) is 22.3 Å². The van der Waals surface area contributed by atoms with Gasteiger partial charge in [-0.25, -0.2) is 13.1 Å². The number of hydrogen-bond donors (Lipinski definition) is 1. The van der Waals surface area contributed by atoms with E-state index < -0.39 is 15.3 Å². The molecule has 7 heteroatoms. The van der Waals surface area contributed by atoms with E-state index in [9.17, 15) is 8.42 Å². The van der Waals surface area contributed by atoms with Crippen molar-refractivity contribution in [3.8, 4) is 10.4 Å². The Labute approximate surface area is 165 Å². The van der Waals surface area contributed by atoms with Crippen LogP contribution in [0.1, 0.15) is 36.6 Å². The zero-order valence-corrected chi connectivity index (χ0v) is 17.4. The minimum Gasteiger partial charge on any atom is -0.380 e. The first-order valence-electron chi connectivity index (χ1n) is 9.11. The van der Waals surface area contributed by atoms with Crippen molar-refractivity contribution < 1.29 is 13.2 Å². The second-order valence-corrected chi connectivity index (χ2v) is 10.5. The predicted molar refractivity (Wildman–Crippen MR) is 112 cm³/mol. The van der Waals surface area contributed by atoms with Gasteiger partial charge in [-0.15, -0.1) is 11.3 Å². The zero-order chi connectivity index (χ0) is 19.4. The first kappa shape index (κ1) is 20.2. The van der Waals surface area contributed by atoms with Crippen LogP contribution in [0.3, 0.4) is 0 Å². The fourth-order valence-corrected chi connectivity index (χ4v) is 5.11. The summed E-state index contributed by atoms with van der Waals surface area (Å²) in [5, 5.41) is -0.458. The molecule has 1 aromatic heterocycles. The van der Waals surface area contributed by atoms with Crippen molar-refractivity contribution >= 4 is 28.1 Å². The summed E-state index contributed by atoms with van der Waals surface area (Å²) < 4.78 is 33.0. The molecular formula is C20H26N2O3S2. The molecule has 2 unspecified atom stereocenters. The van der Waals surface area contributed by atoms with Gasteiger partial charge in [0.05, 0.1) is 24.4 Å². The number of aliphatic imine (C=N–C) groups is 1. The maximum absolute atomic E-state index is 12.3. The highest BCUT2D eigenvalue weighted by molar-refractivity contribution is 7.90. The number of hydrogen-bond acceptors (Lipinski definition) is 5. The molecule has 1 N–H and O–H groups in total. The van der Waals surface area contributed by atoms with E-state index in [1.165, 1.54) is 9.75 Å². The molecule has 146 valence electrons. The Bertz CT molecular complexity index is 873. The van der Waals surface area contributed by atoms with E-state index in [1.54, 1.807) is 25.2 Å². The van der Waals surface area contributed by atoms with E-state index in [-0.39, 0.29) is 12.0 Å². The number of rotatable bonds is 7. The number of nitrogens with one attached hydrogen (secondary N) is 1. The normalized spacial score (nSPS) is 20.7. The summed E-state index contributed by atoms with van der Waals surface area (Å²) in [6.45, 7) is 8.61. The van der Waals surface area contributed by atoms with Gasteiger partial charge in [0.15, 0.2) is 0 Å². The molecular weight excluding hydrogens is 380 g/mol. The van der Waals surface area contributed by atoms with Gasteiger partial charge in [0.2, 0.25) is 10.0 Å². The molecule has 1 saturated heterocycles. The molecule has 0 radical (unpaired) electrons. The molecule has 1 aliphatic rings. The Kier molecular flexibility index (Phi) is 6.47. The first-order chi connectivity index (χ1) is 12.9. The van der Waals surface area contributed by atoms with E-state index >= 15 is 0 Å². The van der Waals surface area contributed by atoms with Crippen LogP contribution in [0.4, 0.5) is 0 Å². The molecule has 1 fully saturated rings. The van der Waals surface area contributed by atoms with Crippen molar-refractivity contribution in [1.82, 2.24) is 4.72 Å². The summed E-state index contributed by atoms with van der Waals surface area (Å²) in [4.78, 5) is 6.32. The Morgan fingerprint density at radius 1 is 1.26 bits per heavy atom. The molecule has 0 aliphatic carbocycles. The highest BCUT2D eigenvalue weighted by atomic mass is 32.2. The monoisotopic (exact) mass is 406 g/mol. The largest absolute Gasteiger partial charge is 0.380 e. The van der Waals surface area contributed by atoms with E-state index in [0.717, 1.165) is 17.5 Å². The maximum atomic E-state index is 12.3. The van der Waals surface area contributed by atoms with Gasteiger partial charge >= 0.3 is 0 Å². The minimum atomic E-state index is -3.33. The highest BCUT2D eigenvalue weighted by Crippen LogP contribution is 2.32. The lowest BCUT2D eigenvalue weighted by Crippen LogP contribution is -2.47. The second kappa shape index (κ2) is 8.65. The summed E-state index contributed by atoms with van der Waals surface area (Å²) in [6, 6.07) is 12.4. The van der Waals surface area contributed by atoms with Crippen molar-refractivity contribution in [1.29, 1.82) is 0 Å². The van der Waals surface area contributed by atoms with Crippen LogP contribution in [0, 0.1) is 0 Å². The standard InChI is InChI=1S/C20H26N2O3S2/c1-14(2)27(23,24)22-19-13-25-11-10-18(19)15-4-6-16(7-5-15)20-9-8-17(26-20)12-21-3/h4-9,14,18-19,22H,3,10-13H2,1-2H3. The van der Waals surface area contributed by atoms with Crippen molar-refractivity contribution in [3.63, 3.8) is 0 Å². The molecule has 27 heavy (non-hydrogen) atoms. The fourth-order valence-electron chi connectivity index (χ4n) is 3.22. The van der Waals surface area contributed by atoms with Crippen molar-refractivity contribution in [3.05, 3.63) is 46.8 Å². The summed E-state index contributed by atoms with van der Waals surface area (Å²) >= 11 is 1.72. The quantitative estimate of drug-likeness (QED) is 0.711. The number of ether oxygens (including phenoxy) is 1. The summed E-state index contributed by atoms with van der Waals surface area (Å²) in [6.07, 6.45) is 0.804. The molecule has 1 aromatic carbocycles. The average Bonchev–Trinajstić information content (AvgIpc) is 3.11. The molecule has 0 spiro atoms. The number of benzene rings is 1. The predicted octanol–water partition coefficient (Wildman–Crippen LogP) is 3.82. The third-order valence-corrected chi connectivity index (χ3v) is 7.84. The van der Waals surface area contributed by atoms with E-state index in [1.807, 2.05) is 0 Å². The van der Waals surface area contributed by atoms with Crippen LogP contribution in [0.2, 0.25) is 0 Å². The molecule has 2 aromatic rings. The van der Waals surface area contributed by atoms with Crippen LogP contribution in [0.15, 0.2) is 41.4 Å². The van der Waals surface area contributed by atoms with Gasteiger partial charge in [-0.1, -0.05) is 24.3 Å². The fraction of sp³-hybridized carbons (Fsp3) is 0.450. The Hall–Kier alpha value is -1.54. The van der Waals surface area contributed by atoms with Crippen LogP contribution in [0.5, 0.6) is 0 Å². The first-order valence-corrected chi connectivity index (χ1v) is 11.5. The van der Waals surface area contributed by atoms with Crippen LogP contribution in [-0.2, 0) is 21.3 Å². The molecule has 1 aliphatic heterocycles. The van der Waals surface area contributed by atoms with Crippen molar-refractivity contribution in [2.24, 2.45) is 4.99 Å². The summed E-state index contributed by atoms with van der Waals surface area (Å²) in [5.41, 5.74) is 2.30. The van der Waals surface area contributed by atoms with Gasteiger partial charge in [-0.3, -0.25) is 4.99 Å². The van der Waals surface area contributed by atoms with E-state index in [2.05, 4.69) is 52.8 Å². The molecule has 0 saturated carbocycles. The van der Waals surface area contributed by atoms with Gasteiger partial charge in [-0.05, 0) is 50.2 Å². The lowest BCUT2D eigenvalue weighted by Gasteiger charge is -2.33. The average molecular weight is 407 g/mol. The SMILES string of the molecule is C=NCc1ccc(-c2ccc(C3CCOCC3NS(=O)(=O)C(C)C)cc2)s1. The van der Waals surface area contributed by atoms with Crippen molar-refractivity contribution in [2.75, 3.05) is 13.2 Å². The van der Waals surface area contributed by atoms with Gasteiger partial charge in [0.25, 0.3) is 0 Å². The number of sulfonamides is 1. The lowest BCUT2D eigenvalue weighted by molar-refractivity contribution is 0.0644. The minimum absolute atomic E-state index is 0.116. The number of nitrogens with zero attached hydrogens (tertiary/aromatic N) is 1.